The normalized spacial score (nSPS) is 11.1. The smallest absolute Gasteiger partial charge is 0.191 e. The van der Waals surface area contributed by atoms with Gasteiger partial charge in [-0.25, -0.2) is 4.99 Å². The Balaban J connectivity index is 0.00000361. The van der Waals surface area contributed by atoms with Crippen LogP contribution in [0.15, 0.2) is 29.4 Å². The lowest BCUT2D eigenvalue weighted by molar-refractivity contribution is 0.399. The number of halogens is 1. The van der Waals surface area contributed by atoms with E-state index in [1.807, 2.05) is 18.2 Å². The van der Waals surface area contributed by atoms with Gasteiger partial charge in [-0.05, 0) is 46.1 Å². The highest BCUT2D eigenvalue weighted by Crippen LogP contribution is 1.95. The van der Waals surface area contributed by atoms with Crippen LogP contribution in [0, 0.1) is 0 Å². The van der Waals surface area contributed by atoms with E-state index in [1.54, 1.807) is 6.20 Å². The van der Waals surface area contributed by atoms with Crippen LogP contribution in [0.5, 0.6) is 0 Å². The van der Waals surface area contributed by atoms with Gasteiger partial charge in [0.1, 0.15) is 0 Å². The molecule has 1 rings (SSSR count). The zero-order chi connectivity index (χ0) is 13.9. The fourth-order valence-electron chi connectivity index (χ4n) is 1.60. The zero-order valence-electron chi connectivity index (χ0n) is 12.6. The third kappa shape index (κ3) is 9.08. The second-order valence-corrected chi connectivity index (χ2v) is 4.60. The van der Waals surface area contributed by atoms with Crippen LogP contribution in [0.25, 0.3) is 0 Å². The minimum Gasteiger partial charge on any atom is -0.357 e. The van der Waals surface area contributed by atoms with Crippen molar-refractivity contribution in [2.24, 2.45) is 4.99 Å². The molecule has 1 aromatic heterocycles. The van der Waals surface area contributed by atoms with Crippen LogP contribution >= 0.6 is 24.0 Å². The Labute approximate surface area is 139 Å². The lowest BCUT2D eigenvalue weighted by atomic mass is 10.3. The molecule has 6 heteroatoms. The van der Waals surface area contributed by atoms with E-state index in [0.29, 0.717) is 6.54 Å². The van der Waals surface area contributed by atoms with Crippen molar-refractivity contribution in [3.8, 4) is 0 Å². The van der Waals surface area contributed by atoms with Crippen LogP contribution in [0.1, 0.15) is 19.0 Å². The summed E-state index contributed by atoms with van der Waals surface area (Å²) in [5, 5.41) is 6.57. The molecule has 0 aromatic carbocycles. The zero-order valence-corrected chi connectivity index (χ0v) is 14.9. The molecule has 0 atom stereocenters. The molecule has 1 heterocycles. The minimum atomic E-state index is 0. The lowest BCUT2D eigenvalue weighted by Gasteiger charge is -2.13. The topological polar surface area (TPSA) is 52.6 Å². The van der Waals surface area contributed by atoms with Gasteiger partial charge in [0, 0.05) is 19.3 Å². The van der Waals surface area contributed by atoms with Gasteiger partial charge in [0.2, 0.25) is 0 Å². The summed E-state index contributed by atoms with van der Waals surface area (Å²) in [4.78, 5) is 11.0. The number of hydrogen-bond acceptors (Lipinski definition) is 3. The second kappa shape index (κ2) is 11.9. The first-order valence-corrected chi connectivity index (χ1v) is 6.79. The molecule has 0 fully saturated rings. The number of pyridine rings is 1. The van der Waals surface area contributed by atoms with E-state index in [9.17, 15) is 0 Å². The first kappa shape index (κ1) is 19.1. The van der Waals surface area contributed by atoms with Crippen LogP contribution in [0.2, 0.25) is 0 Å². The Bertz CT molecular complexity index is 367. The molecule has 1 aromatic rings. The molecule has 0 bridgehead atoms. The molecule has 0 unspecified atom stereocenters. The number of rotatable bonds is 7. The number of hydrogen-bond donors (Lipinski definition) is 2. The molecular formula is C14H26IN5. The summed E-state index contributed by atoms with van der Waals surface area (Å²) in [5.74, 6) is 0.854. The minimum absolute atomic E-state index is 0. The Kier molecular flexibility index (Phi) is 11.4. The molecule has 0 amide bonds. The highest BCUT2D eigenvalue weighted by molar-refractivity contribution is 14.0. The number of guanidine groups is 1. The maximum atomic E-state index is 4.52. The molecule has 0 saturated heterocycles. The summed E-state index contributed by atoms with van der Waals surface area (Å²) in [5.41, 5.74) is 0.980. The van der Waals surface area contributed by atoms with E-state index in [4.69, 9.17) is 0 Å². The van der Waals surface area contributed by atoms with Gasteiger partial charge in [-0.2, -0.15) is 0 Å². The Morgan fingerprint density at radius 2 is 2.10 bits per heavy atom. The van der Waals surface area contributed by atoms with Gasteiger partial charge in [-0.15, -0.1) is 24.0 Å². The average Bonchev–Trinajstić information content (AvgIpc) is 2.41. The molecule has 114 valence electrons. The molecular weight excluding hydrogens is 365 g/mol. The molecule has 0 spiro atoms. The first-order chi connectivity index (χ1) is 9.22. The predicted molar refractivity (Wildman–Crippen MR) is 95.6 cm³/mol. The standard InChI is InChI=1S/C14H25N5.HI/c1-4-15-14(17-10-7-11-19(2)3)18-12-13-8-5-6-9-16-13;/h5-6,8-9H,4,7,10-12H2,1-3H3,(H2,15,17,18);1H. The van der Waals surface area contributed by atoms with Crippen molar-refractivity contribution < 1.29 is 0 Å². The van der Waals surface area contributed by atoms with E-state index in [1.165, 1.54) is 0 Å². The molecule has 0 radical (unpaired) electrons. The first-order valence-electron chi connectivity index (χ1n) is 6.79. The summed E-state index contributed by atoms with van der Waals surface area (Å²) in [6.45, 7) is 5.53. The Hall–Kier alpha value is -0.890. The summed E-state index contributed by atoms with van der Waals surface area (Å²) in [6, 6.07) is 5.88. The van der Waals surface area contributed by atoms with E-state index >= 15 is 0 Å². The van der Waals surface area contributed by atoms with Gasteiger partial charge < -0.3 is 15.5 Å². The fraction of sp³-hybridized carbons (Fsp3) is 0.571. The van der Waals surface area contributed by atoms with Crippen LogP contribution < -0.4 is 10.6 Å². The monoisotopic (exact) mass is 391 g/mol. The van der Waals surface area contributed by atoms with E-state index in [0.717, 1.165) is 37.7 Å². The average molecular weight is 391 g/mol. The van der Waals surface area contributed by atoms with Gasteiger partial charge >= 0.3 is 0 Å². The summed E-state index contributed by atoms with van der Waals surface area (Å²) in [7, 11) is 4.17. The maximum Gasteiger partial charge on any atom is 0.191 e. The van der Waals surface area contributed by atoms with Gasteiger partial charge in [0.15, 0.2) is 5.96 Å². The predicted octanol–water partition coefficient (Wildman–Crippen LogP) is 1.71. The molecule has 20 heavy (non-hydrogen) atoms. The lowest BCUT2D eigenvalue weighted by Crippen LogP contribution is -2.38. The van der Waals surface area contributed by atoms with E-state index in [2.05, 4.69) is 46.5 Å². The van der Waals surface area contributed by atoms with Crippen LogP contribution in [0.3, 0.4) is 0 Å². The summed E-state index contributed by atoms with van der Waals surface area (Å²) < 4.78 is 0. The summed E-state index contributed by atoms with van der Waals surface area (Å²) >= 11 is 0. The Morgan fingerprint density at radius 3 is 2.70 bits per heavy atom. The quantitative estimate of drug-likeness (QED) is 0.322. The highest BCUT2D eigenvalue weighted by atomic mass is 127. The van der Waals surface area contributed by atoms with Crippen molar-refractivity contribution in [2.45, 2.75) is 19.9 Å². The maximum absolute atomic E-state index is 4.52. The number of aliphatic imine (C=N–C) groups is 1. The van der Waals surface area contributed by atoms with Gasteiger partial charge in [0.25, 0.3) is 0 Å². The van der Waals surface area contributed by atoms with Crippen molar-refractivity contribution in [3.05, 3.63) is 30.1 Å². The van der Waals surface area contributed by atoms with E-state index in [-0.39, 0.29) is 24.0 Å². The van der Waals surface area contributed by atoms with Crippen LogP contribution in [-0.2, 0) is 6.54 Å². The Morgan fingerprint density at radius 1 is 1.30 bits per heavy atom. The SMILES string of the molecule is CCNC(=NCc1ccccn1)NCCCN(C)C.I. The van der Waals surface area contributed by atoms with Gasteiger partial charge in [-0.1, -0.05) is 6.07 Å². The third-order valence-corrected chi connectivity index (χ3v) is 2.54. The highest BCUT2D eigenvalue weighted by Gasteiger charge is 1.98. The molecule has 0 aliphatic heterocycles. The number of nitrogens with one attached hydrogen (secondary N) is 2. The number of aromatic nitrogens is 1. The van der Waals surface area contributed by atoms with Gasteiger partial charge in [-0.3, -0.25) is 4.98 Å². The second-order valence-electron chi connectivity index (χ2n) is 4.60. The summed E-state index contributed by atoms with van der Waals surface area (Å²) in [6.07, 6.45) is 2.89. The van der Waals surface area contributed by atoms with Crippen molar-refractivity contribution in [2.75, 3.05) is 33.7 Å². The molecule has 5 nitrogen and oxygen atoms in total. The largest absolute Gasteiger partial charge is 0.357 e. The molecule has 0 saturated carbocycles. The fourth-order valence-corrected chi connectivity index (χ4v) is 1.60. The number of nitrogens with zero attached hydrogens (tertiary/aromatic N) is 3. The van der Waals surface area contributed by atoms with Crippen molar-refractivity contribution in [1.29, 1.82) is 0 Å². The van der Waals surface area contributed by atoms with Crippen molar-refractivity contribution in [3.63, 3.8) is 0 Å². The molecule has 0 aliphatic carbocycles. The van der Waals surface area contributed by atoms with Crippen molar-refractivity contribution >= 4 is 29.9 Å². The molecule has 0 aliphatic rings. The third-order valence-electron chi connectivity index (χ3n) is 2.54. The van der Waals surface area contributed by atoms with Gasteiger partial charge in [0.05, 0.1) is 12.2 Å². The van der Waals surface area contributed by atoms with Crippen LogP contribution in [-0.4, -0.2) is 49.6 Å². The van der Waals surface area contributed by atoms with Crippen LogP contribution in [0.4, 0.5) is 0 Å². The molecule has 2 N–H and O–H groups in total. The van der Waals surface area contributed by atoms with E-state index < -0.39 is 0 Å². The van der Waals surface area contributed by atoms with Crippen molar-refractivity contribution in [1.82, 2.24) is 20.5 Å².